The fourth-order valence-corrected chi connectivity index (χ4v) is 1.95. The lowest BCUT2D eigenvalue weighted by Gasteiger charge is -2.20. The quantitative estimate of drug-likeness (QED) is 0.908. The van der Waals surface area contributed by atoms with Crippen LogP contribution >= 0.6 is 15.9 Å². The summed E-state index contributed by atoms with van der Waals surface area (Å²) in [6.07, 6.45) is 3.53. The molecule has 1 aromatic rings. The normalized spacial score (nSPS) is 15.3. The number of carbonyl (C=O) groups is 1. The van der Waals surface area contributed by atoms with Gasteiger partial charge in [0, 0.05) is 12.6 Å². The summed E-state index contributed by atoms with van der Waals surface area (Å²) in [5.74, 6) is -0.0767. The van der Waals surface area contributed by atoms with E-state index in [1.807, 2.05) is 0 Å². The number of furan rings is 1. The van der Waals surface area contributed by atoms with Gasteiger partial charge in [0.2, 0.25) is 0 Å². The lowest BCUT2D eigenvalue weighted by Crippen LogP contribution is -2.35. The molecular formula is C10H12BrNO3. The van der Waals surface area contributed by atoms with E-state index < -0.39 is 0 Å². The first-order valence-electron chi connectivity index (χ1n) is 4.89. The Hall–Kier alpha value is -0.810. The number of aliphatic hydroxyl groups excluding tert-OH is 1. The van der Waals surface area contributed by atoms with Crippen LogP contribution in [-0.4, -0.2) is 35.1 Å². The Labute approximate surface area is 96.0 Å². The van der Waals surface area contributed by atoms with Crippen LogP contribution in [0, 0.1) is 0 Å². The maximum Gasteiger partial charge on any atom is 0.258 e. The highest BCUT2D eigenvalue weighted by atomic mass is 79.9. The van der Waals surface area contributed by atoms with Crippen LogP contribution in [0.4, 0.5) is 0 Å². The van der Waals surface area contributed by atoms with Crippen molar-refractivity contribution in [2.24, 2.45) is 0 Å². The maximum absolute atomic E-state index is 12.0. The number of nitrogens with zero attached hydrogens (tertiary/aromatic N) is 1. The van der Waals surface area contributed by atoms with Gasteiger partial charge in [0.25, 0.3) is 5.91 Å². The standard InChI is InChI=1S/C10H12BrNO3/c11-9-8(3-6-15-9)10(14)12(4-5-13)7-1-2-7/h3,6-7,13H,1-2,4-5H2. The van der Waals surface area contributed by atoms with Crippen LogP contribution in [0.2, 0.25) is 0 Å². The Morgan fingerprint density at radius 1 is 1.67 bits per heavy atom. The largest absolute Gasteiger partial charge is 0.457 e. The van der Waals surface area contributed by atoms with E-state index in [2.05, 4.69) is 15.9 Å². The average Bonchev–Trinajstić information content (AvgIpc) is 2.97. The summed E-state index contributed by atoms with van der Waals surface area (Å²) in [6.45, 7) is 0.388. The number of carbonyl (C=O) groups excluding carboxylic acids is 1. The topological polar surface area (TPSA) is 53.7 Å². The highest BCUT2D eigenvalue weighted by Crippen LogP contribution is 2.29. The Morgan fingerprint density at radius 2 is 2.40 bits per heavy atom. The second kappa shape index (κ2) is 4.37. The van der Waals surface area contributed by atoms with Crippen molar-refractivity contribution in [3.05, 3.63) is 22.6 Å². The average molecular weight is 274 g/mol. The fraction of sp³-hybridized carbons (Fsp3) is 0.500. The zero-order valence-electron chi connectivity index (χ0n) is 8.15. The van der Waals surface area contributed by atoms with Gasteiger partial charge in [-0.3, -0.25) is 4.79 Å². The van der Waals surface area contributed by atoms with E-state index >= 15 is 0 Å². The Morgan fingerprint density at radius 3 is 2.87 bits per heavy atom. The number of halogens is 1. The predicted molar refractivity (Wildman–Crippen MR) is 57.6 cm³/mol. The van der Waals surface area contributed by atoms with E-state index in [0.29, 0.717) is 22.8 Å². The number of hydrogen-bond donors (Lipinski definition) is 1. The molecule has 1 aromatic heterocycles. The van der Waals surface area contributed by atoms with Gasteiger partial charge in [-0.25, -0.2) is 0 Å². The molecule has 0 unspecified atom stereocenters. The van der Waals surface area contributed by atoms with E-state index in [1.54, 1.807) is 11.0 Å². The molecule has 0 radical (unpaired) electrons. The van der Waals surface area contributed by atoms with Crippen LogP contribution in [0.5, 0.6) is 0 Å². The fourth-order valence-electron chi connectivity index (χ4n) is 1.54. The SMILES string of the molecule is O=C(c1ccoc1Br)N(CCO)C1CC1. The van der Waals surface area contributed by atoms with Gasteiger partial charge in [0.1, 0.15) is 0 Å². The van der Waals surface area contributed by atoms with Crippen LogP contribution in [0.3, 0.4) is 0 Å². The van der Waals surface area contributed by atoms with Gasteiger partial charge in [0.15, 0.2) is 4.67 Å². The summed E-state index contributed by atoms with van der Waals surface area (Å²) < 4.78 is 5.48. The number of aliphatic hydroxyl groups is 1. The van der Waals surface area contributed by atoms with E-state index in [0.717, 1.165) is 12.8 Å². The first kappa shape index (κ1) is 10.7. The number of amides is 1. The van der Waals surface area contributed by atoms with Crippen molar-refractivity contribution < 1.29 is 14.3 Å². The van der Waals surface area contributed by atoms with Gasteiger partial charge in [-0.05, 0) is 34.8 Å². The Bertz CT molecular complexity index is 359. The van der Waals surface area contributed by atoms with E-state index in [1.165, 1.54) is 6.26 Å². The number of rotatable bonds is 4. The molecule has 1 N–H and O–H groups in total. The van der Waals surface area contributed by atoms with Crippen LogP contribution in [0.15, 0.2) is 21.4 Å². The zero-order valence-corrected chi connectivity index (χ0v) is 9.74. The van der Waals surface area contributed by atoms with Crippen molar-refractivity contribution in [1.29, 1.82) is 0 Å². The molecule has 82 valence electrons. The van der Waals surface area contributed by atoms with E-state index in [9.17, 15) is 4.79 Å². The molecule has 2 rings (SSSR count). The molecule has 4 nitrogen and oxygen atoms in total. The van der Waals surface area contributed by atoms with Crippen molar-refractivity contribution in [2.45, 2.75) is 18.9 Å². The summed E-state index contributed by atoms with van der Waals surface area (Å²) in [6, 6.07) is 1.94. The van der Waals surface area contributed by atoms with Crippen LogP contribution < -0.4 is 0 Å². The predicted octanol–water partition coefficient (Wildman–Crippen LogP) is 1.64. The van der Waals surface area contributed by atoms with E-state index in [4.69, 9.17) is 9.52 Å². The second-order valence-electron chi connectivity index (χ2n) is 3.56. The van der Waals surface area contributed by atoms with Gasteiger partial charge in [0.05, 0.1) is 18.4 Å². The van der Waals surface area contributed by atoms with Gasteiger partial charge >= 0.3 is 0 Å². The molecule has 0 aromatic carbocycles. The molecular weight excluding hydrogens is 262 g/mol. The molecule has 1 fully saturated rings. The van der Waals surface area contributed by atoms with Crippen molar-refractivity contribution in [2.75, 3.05) is 13.2 Å². The highest BCUT2D eigenvalue weighted by Gasteiger charge is 2.33. The zero-order chi connectivity index (χ0) is 10.8. The molecule has 0 atom stereocenters. The first-order valence-corrected chi connectivity index (χ1v) is 5.68. The van der Waals surface area contributed by atoms with Gasteiger partial charge in [-0.2, -0.15) is 0 Å². The smallest absolute Gasteiger partial charge is 0.258 e. The molecule has 0 aliphatic heterocycles. The summed E-state index contributed by atoms with van der Waals surface area (Å²) in [4.78, 5) is 13.7. The van der Waals surface area contributed by atoms with Crippen LogP contribution in [0.25, 0.3) is 0 Å². The van der Waals surface area contributed by atoms with Gasteiger partial charge in [-0.1, -0.05) is 0 Å². The molecule has 1 heterocycles. The Kier molecular flexibility index (Phi) is 3.11. The third-order valence-electron chi connectivity index (χ3n) is 2.44. The Balaban J connectivity index is 2.14. The van der Waals surface area contributed by atoms with Crippen molar-refractivity contribution >= 4 is 21.8 Å². The van der Waals surface area contributed by atoms with Crippen LogP contribution in [0.1, 0.15) is 23.2 Å². The molecule has 5 heteroatoms. The summed E-state index contributed by atoms with van der Waals surface area (Å²) in [5, 5.41) is 8.90. The van der Waals surface area contributed by atoms with Gasteiger partial charge in [-0.15, -0.1) is 0 Å². The molecule has 0 saturated heterocycles. The highest BCUT2D eigenvalue weighted by molar-refractivity contribution is 9.10. The third kappa shape index (κ3) is 2.23. The van der Waals surface area contributed by atoms with Crippen molar-refractivity contribution in [1.82, 2.24) is 4.90 Å². The van der Waals surface area contributed by atoms with Gasteiger partial charge < -0.3 is 14.4 Å². The molecule has 1 amide bonds. The molecule has 1 aliphatic rings. The minimum atomic E-state index is -0.0767. The second-order valence-corrected chi connectivity index (χ2v) is 4.28. The molecule has 1 saturated carbocycles. The van der Waals surface area contributed by atoms with Crippen molar-refractivity contribution in [3.63, 3.8) is 0 Å². The van der Waals surface area contributed by atoms with E-state index in [-0.39, 0.29) is 12.5 Å². The molecule has 15 heavy (non-hydrogen) atoms. The third-order valence-corrected chi connectivity index (χ3v) is 3.05. The summed E-state index contributed by atoms with van der Waals surface area (Å²) >= 11 is 3.18. The van der Waals surface area contributed by atoms with Crippen LogP contribution in [-0.2, 0) is 0 Å². The molecule has 0 bridgehead atoms. The molecule has 0 spiro atoms. The minimum absolute atomic E-state index is 0.00227. The summed E-state index contributed by atoms with van der Waals surface area (Å²) in [5.41, 5.74) is 0.523. The lowest BCUT2D eigenvalue weighted by atomic mass is 10.3. The monoisotopic (exact) mass is 273 g/mol. The van der Waals surface area contributed by atoms with Crippen molar-refractivity contribution in [3.8, 4) is 0 Å². The lowest BCUT2D eigenvalue weighted by molar-refractivity contribution is 0.0705. The molecule has 1 aliphatic carbocycles. The minimum Gasteiger partial charge on any atom is -0.457 e. The number of hydrogen-bond acceptors (Lipinski definition) is 3. The summed E-state index contributed by atoms with van der Waals surface area (Å²) in [7, 11) is 0. The first-order chi connectivity index (χ1) is 7.24. The maximum atomic E-state index is 12.0.